The second-order valence-electron chi connectivity index (χ2n) is 6.12. The molecule has 0 aliphatic carbocycles. The zero-order chi connectivity index (χ0) is 18.0. The molecular formula is C18H22FN3O3. The van der Waals surface area contributed by atoms with Crippen molar-refractivity contribution >= 4 is 5.91 Å². The summed E-state index contributed by atoms with van der Waals surface area (Å²) in [6, 6.07) is 5.71. The third-order valence-corrected chi connectivity index (χ3v) is 4.47. The third kappa shape index (κ3) is 3.45. The molecule has 0 spiro atoms. The molecule has 1 aromatic carbocycles. The van der Waals surface area contributed by atoms with E-state index in [9.17, 15) is 9.18 Å². The lowest BCUT2D eigenvalue weighted by Gasteiger charge is -2.25. The third-order valence-electron chi connectivity index (χ3n) is 4.47. The van der Waals surface area contributed by atoms with E-state index in [-0.39, 0.29) is 24.4 Å². The highest BCUT2D eigenvalue weighted by Crippen LogP contribution is 2.38. The minimum Gasteiger partial charge on any atom is -0.484 e. The second-order valence-corrected chi connectivity index (χ2v) is 6.12. The topological polar surface area (TPSA) is 56.6 Å². The molecule has 2 aromatic rings. The van der Waals surface area contributed by atoms with Crippen LogP contribution in [0.15, 0.2) is 24.3 Å². The van der Waals surface area contributed by atoms with E-state index in [2.05, 4.69) is 5.10 Å². The number of amides is 1. The molecule has 1 aliphatic rings. The maximum Gasteiger partial charge on any atom is 0.261 e. The van der Waals surface area contributed by atoms with Gasteiger partial charge in [0.2, 0.25) is 5.88 Å². The Labute approximate surface area is 146 Å². The number of halogens is 1. The van der Waals surface area contributed by atoms with Gasteiger partial charge in [0.1, 0.15) is 11.6 Å². The number of likely N-dealkylation sites (tertiary alicyclic amines) is 1. The predicted molar refractivity (Wildman–Crippen MR) is 90.1 cm³/mol. The highest BCUT2D eigenvalue weighted by atomic mass is 19.1. The van der Waals surface area contributed by atoms with Crippen molar-refractivity contribution < 1.29 is 18.7 Å². The first-order valence-corrected chi connectivity index (χ1v) is 8.26. The molecular weight excluding hydrogens is 325 g/mol. The van der Waals surface area contributed by atoms with Crippen molar-refractivity contribution in [2.75, 3.05) is 20.3 Å². The van der Waals surface area contributed by atoms with Crippen LogP contribution in [0.5, 0.6) is 11.6 Å². The Morgan fingerprint density at radius 2 is 2.24 bits per heavy atom. The van der Waals surface area contributed by atoms with Gasteiger partial charge < -0.3 is 14.4 Å². The molecule has 25 heavy (non-hydrogen) atoms. The van der Waals surface area contributed by atoms with Gasteiger partial charge in [-0.25, -0.2) is 9.07 Å². The number of aromatic nitrogens is 2. The molecule has 1 aromatic heterocycles. The molecule has 1 unspecified atom stereocenters. The lowest BCUT2D eigenvalue weighted by atomic mass is 10.1. The average Bonchev–Trinajstić information content (AvgIpc) is 3.16. The van der Waals surface area contributed by atoms with Crippen LogP contribution in [0, 0.1) is 12.7 Å². The zero-order valence-electron chi connectivity index (χ0n) is 14.7. The number of hydrogen-bond donors (Lipinski definition) is 0. The summed E-state index contributed by atoms with van der Waals surface area (Å²) in [5, 5.41) is 4.40. The van der Waals surface area contributed by atoms with Gasteiger partial charge >= 0.3 is 0 Å². The maximum absolute atomic E-state index is 13.2. The summed E-state index contributed by atoms with van der Waals surface area (Å²) in [5.41, 5.74) is 1.80. The zero-order valence-corrected chi connectivity index (χ0v) is 14.7. The lowest BCUT2D eigenvalue weighted by Crippen LogP contribution is -2.34. The summed E-state index contributed by atoms with van der Waals surface area (Å²) in [5.74, 6) is 0.504. The summed E-state index contributed by atoms with van der Waals surface area (Å²) in [4.78, 5) is 14.4. The summed E-state index contributed by atoms with van der Waals surface area (Å²) in [6.07, 6.45) is 1.77. The normalized spacial score (nSPS) is 17.0. The van der Waals surface area contributed by atoms with Crippen molar-refractivity contribution in [3.63, 3.8) is 0 Å². The number of nitrogens with zero attached hydrogens (tertiary/aromatic N) is 3. The van der Waals surface area contributed by atoms with Gasteiger partial charge in [-0.15, -0.1) is 0 Å². The largest absolute Gasteiger partial charge is 0.484 e. The minimum absolute atomic E-state index is 0.0766. The molecule has 1 aliphatic heterocycles. The van der Waals surface area contributed by atoms with Gasteiger partial charge in [0.05, 0.1) is 24.4 Å². The van der Waals surface area contributed by atoms with E-state index >= 15 is 0 Å². The molecule has 7 heteroatoms. The highest BCUT2D eigenvalue weighted by molar-refractivity contribution is 5.78. The van der Waals surface area contributed by atoms with Crippen LogP contribution < -0.4 is 9.47 Å². The van der Waals surface area contributed by atoms with Crippen molar-refractivity contribution in [2.24, 2.45) is 7.05 Å². The quantitative estimate of drug-likeness (QED) is 0.834. The van der Waals surface area contributed by atoms with E-state index in [0.29, 0.717) is 18.2 Å². The van der Waals surface area contributed by atoms with Gasteiger partial charge in [-0.3, -0.25) is 4.79 Å². The molecule has 1 amide bonds. The van der Waals surface area contributed by atoms with E-state index in [0.717, 1.165) is 24.1 Å². The SMILES string of the molecule is COc1c(C2CCCN2C(=O)COc2cccc(F)c2)c(C)nn1C. The van der Waals surface area contributed by atoms with Gasteiger partial charge in [0.25, 0.3) is 5.91 Å². The molecule has 0 saturated carbocycles. The van der Waals surface area contributed by atoms with Crippen LogP contribution in [-0.4, -0.2) is 40.8 Å². The van der Waals surface area contributed by atoms with E-state index < -0.39 is 0 Å². The molecule has 3 rings (SSSR count). The maximum atomic E-state index is 13.2. The van der Waals surface area contributed by atoms with Crippen LogP contribution in [0.1, 0.15) is 30.1 Å². The van der Waals surface area contributed by atoms with Gasteiger partial charge in [-0.2, -0.15) is 5.10 Å². The van der Waals surface area contributed by atoms with Gasteiger partial charge in [-0.05, 0) is 31.9 Å². The highest BCUT2D eigenvalue weighted by Gasteiger charge is 2.35. The first-order valence-electron chi connectivity index (χ1n) is 8.26. The van der Waals surface area contributed by atoms with E-state index in [4.69, 9.17) is 9.47 Å². The second kappa shape index (κ2) is 7.13. The Balaban J connectivity index is 1.74. The van der Waals surface area contributed by atoms with Crippen LogP contribution in [0.2, 0.25) is 0 Å². The number of aryl methyl sites for hydroxylation is 2. The lowest BCUT2D eigenvalue weighted by molar-refractivity contribution is -0.134. The van der Waals surface area contributed by atoms with Gasteiger partial charge in [0.15, 0.2) is 6.61 Å². The van der Waals surface area contributed by atoms with Crippen LogP contribution >= 0.6 is 0 Å². The molecule has 0 N–H and O–H groups in total. The van der Waals surface area contributed by atoms with Crippen molar-refractivity contribution in [3.05, 3.63) is 41.3 Å². The number of carbonyl (C=O) groups excluding carboxylic acids is 1. The summed E-state index contributed by atoms with van der Waals surface area (Å²) in [7, 11) is 3.43. The number of rotatable bonds is 5. The Kier molecular flexibility index (Phi) is 4.92. The van der Waals surface area contributed by atoms with Crippen molar-refractivity contribution in [1.82, 2.24) is 14.7 Å². The van der Waals surface area contributed by atoms with Crippen molar-refractivity contribution in [3.8, 4) is 11.6 Å². The van der Waals surface area contributed by atoms with Crippen molar-refractivity contribution in [2.45, 2.75) is 25.8 Å². The van der Waals surface area contributed by atoms with Gasteiger partial charge in [0, 0.05) is 19.7 Å². The fourth-order valence-electron chi connectivity index (χ4n) is 3.43. The Morgan fingerprint density at radius 1 is 1.44 bits per heavy atom. The Morgan fingerprint density at radius 3 is 2.96 bits per heavy atom. The fraction of sp³-hybridized carbons (Fsp3) is 0.444. The molecule has 1 fully saturated rings. The van der Waals surface area contributed by atoms with Crippen LogP contribution in [-0.2, 0) is 11.8 Å². The number of methoxy groups -OCH3 is 1. The first kappa shape index (κ1) is 17.3. The van der Waals surface area contributed by atoms with Crippen LogP contribution in [0.3, 0.4) is 0 Å². The van der Waals surface area contributed by atoms with E-state index in [1.807, 2.05) is 14.0 Å². The Hall–Kier alpha value is -2.57. The molecule has 1 atom stereocenters. The molecule has 2 heterocycles. The fourth-order valence-corrected chi connectivity index (χ4v) is 3.43. The predicted octanol–water partition coefficient (Wildman–Crippen LogP) is 2.62. The minimum atomic E-state index is -0.389. The summed E-state index contributed by atoms with van der Waals surface area (Å²) in [6.45, 7) is 2.46. The first-order chi connectivity index (χ1) is 12.0. The summed E-state index contributed by atoms with van der Waals surface area (Å²) >= 11 is 0. The molecule has 134 valence electrons. The standard InChI is InChI=1S/C18H22FN3O3/c1-12-17(18(24-3)21(2)20-12)15-8-5-9-22(15)16(23)11-25-14-7-4-6-13(19)10-14/h4,6-7,10,15H,5,8-9,11H2,1-3H3. The number of carbonyl (C=O) groups is 1. The average molecular weight is 347 g/mol. The summed E-state index contributed by atoms with van der Waals surface area (Å²) < 4.78 is 25.8. The van der Waals surface area contributed by atoms with Gasteiger partial charge in [-0.1, -0.05) is 6.07 Å². The molecule has 1 saturated heterocycles. The number of hydrogen-bond acceptors (Lipinski definition) is 4. The molecule has 6 nitrogen and oxygen atoms in total. The Bertz CT molecular complexity index is 775. The van der Waals surface area contributed by atoms with Crippen molar-refractivity contribution in [1.29, 1.82) is 0 Å². The number of benzene rings is 1. The molecule has 0 radical (unpaired) electrons. The van der Waals surface area contributed by atoms with Crippen LogP contribution in [0.25, 0.3) is 0 Å². The van der Waals surface area contributed by atoms with E-state index in [1.54, 1.807) is 28.8 Å². The molecule has 0 bridgehead atoms. The smallest absolute Gasteiger partial charge is 0.261 e. The van der Waals surface area contributed by atoms with E-state index in [1.165, 1.54) is 12.1 Å². The van der Waals surface area contributed by atoms with Crippen LogP contribution in [0.4, 0.5) is 4.39 Å². The monoisotopic (exact) mass is 347 g/mol. The number of ether oxygens (including phenoxy) is 2.